The quantitative estimate of drug-likeness (QED) is 0.104. The minimum atomic E-state index is -2.54. The van der Waals surface area contributed by atoms with Crippen LogP contribution in [0.4, 0.5) is 4.39 Å². The number of piperidine rings is 1. The fourth-order valence-corrected chi connectivity index (χ4v) is 10.8. The fraction of sp³-hybridized carbons (Fsp3) is 0.706. The van der Waals surface area contributed by atoms with Crippen molar-refractivity contribution in [1.82, 2.24) is 4.90 Å². The molecule has 374 valence electrons. The van der Waals surface area contributed by atoms with E-state index >= 15 is 0 Å². The number of amides is 1. The number of benzene rings is 1. The molecule has 16 heteroatoms. The van der Waals surface area contributed by atoms with Crippen LogP contribution in [-0.2, 0) is 47.6 Å². The van der Waals surface area contributed by atoms with Crippen LogP contribution in [0.5, 0.6) is 0 Å². The molecule has 1 aliphatic carbocycles. The van der Waals surface area contributed by atoms with Crippen molar-refractivity contribution >= 4 is 40.8 Å². The largest absolute Gasteiger partial charge is 0.456 e. The van der Waals surface area contributed by atoms with Gasteiger partial charge in [-0.05, 0) is 114 Å². The molecule has 67 heavy (non-hydrogen) atoms. The number of halogens is 2. The molecule has 3 heterocycles. The molecule has 14 nitrogen and oxygen atoms in total. The first-order valence-corrected chi connectivity index (χ1v) is 24.3. The van der Waals surface area contributed by atoms with Crippen LogP contribution in [0, 0.1) is 35.4 Å². The molecule has 2 bridgehead atoms. The van der Waals surface area contributed by atoms with Gasteiger partial charge in [0, 0.05) is 62.6 Å². The summed E-state index contributed by atoms with van der Waals surface area (Å²) >= 11 is 5.97. The first-order valence-electron chi connectivity index (χ1n) is 24.0. The third-order valence-electron chi connectivity index (χ3n) is 14.5. The van der Waals surface area contributed by atoms with E-state index in [4.69, 9.17) is 40.0 Å². The number of nitrogens with zero attached hydrogens (tertiary/aromatic N) is 1. The number of Topliss-reactive ketones (excluding diaryl/α,β-unsaturated/α-hetero) is 3. The molecular weight excluding hydrogens is 889 g/mol. The molecule has 2 N–H and O–H groups in total. The van der Waals surface area contributed by atoms with Crippen LogP contribution in [-0.4, -0.2) is 133 Å². The Morgan fingerprint density at radius 1 is 0.940 bits per heavy atom. The number of fused-ring (bicyclic) bond motifs is 3. The molecule has 5 rings (SSSR count). The van der Waals surface area contributed by atoms with Gasteiger partial charge in [-0.3, -0.25) is 19.2 Å². The Kier molecular flexibility index (Phi) is 19.9. The van der Waals surface area contributed by atoms with E-state index in [9.17, 15) is 38.6 Å². The molecule has 1 aromatic rings. The Balaban J connectivity index is 1.45. The van der Waals surface area contributed by atoms with Gasteiger partial charge in [-0.25, -0.2) is 9.18 Å². The molecular formula is C51H73ClFNO13. The zero-order valence-corrected chi connectivity index (χ0v) is 41.4. The normalized spacial score (nSPS) is 35.8. The predicted molar refractivity (Wildman–Crippen MR) is 248 cm³/mol. The van der Waals surface area contributed by atoms with Crippen molar-refractivity contribution in [2.75, 3.05) is 34.5 Å². The number of hydrogen-bond donors (Lipinski definition) is 2. The van der Waals surface area contributed by atoms with Crippen LogP contribution in [0.25, 0.3) is 0 Å². The number of aliphatic hydroxyl groups excluding tert-OH is 1. The van der Waals surface area contributed by atoms with Gasteiger partial charge in [-0.2, -0.15) is 0 Å². The summed E-state index contributed by atoms with van der Waals surface area (Å²) in [4.78, 5) is 71.2. The summed E-state index contributed by atoms with van der Waals surface area (Å²) in [5.74, 6) is -9.03. The third-order valence-corrected chi connectivity index (χ3v) is 14.7. The number of carbonyl (C=O) groups is 5. The lowest BCUT2D eigenvalue weighted by Crippen LogP contribution is -2.64. The molecule has 0 aromatic heterocycles. The second-order valence-electron chi connectivity index (χ2n) is 19.5. The van der Waals surface area contributed by atoms with E-state index in [1.54, 1.807) is 27.9 Å². The first-order chi connectivity index (χ1) is 31.7. The molecule has 4 aliphatic rings. The molecule has 14 atom stereocenters. The maximum absolute atomic E-state index is 14.5. The van der Waals surface area contributed by atoms with Crippen LogP contribution in [0.15, 0.2) is 41.5 Å². The van der Waals surface area contributed by atoms with Gasteiger partial charge in [-0.15, -0.1) is 0 Å². The second-order valence-corrected chi connectivity index (χ2v) is 20.0. The van der Waals surface area contributed by atoms with Gasteiger partial charge >= 0.3 is 5.97 Å². The van der Waals surface area contributed by atoms with Crippen LogP contribution in [0.2, 0.25) is 5.02 Å². The van der Waals surface area contributed by atoms with E-state index in [1.807, 2.05) is 32.9 Å². The number of ether oxygens (including phenoxy) is 6. The van der Waals surface area contributed by atoms with Crippen molar-refractivity contribution < 1.29 is 67.0 Å². The van der Waals surface area contributed by atoms with E-state index < -0.39 is 102 Å². The lowest BCUT2D eigenvalue weighted by Gasteiger charge is -2.47. The summed E-state index contributed by atoms with van der Waals surface area (Å²) in [6, 6.07) is 2.43. The van der Waals surface area contributed by atoms with Gasteiger partial charge in [0.25, 0.3) is 11.7 Å². The number of aliphatic hydroxyl groups is 2. The Morgan fingerprint density at radius 3 is 2.28 bits per heavy atom. The van der Waals surface area contributed by atoms with E-state index in [2.05, 4.69) is 0 Å². The van der Waals surface area contributed by atoms with Crippen LogP contribution in [0.1, 0.15) is 123 Å². The van der Waals surface area contributed by atoms with E-state index in [-0.39, 0.29) is 60.6 Å². The van der Waals surface area contributed by atoms with Crippen molar-refractivity contribution in [2.45, 2.75) is 167 Å². The number of rotatable bonds is 10. The van der Waals surface area contributed by atoms with Crippen molar-refractivity contribution in [3.8, 4) is 0 Å². The topological polar surface area (TPSA) is 184 Å². The number of esters is 1. The first kappa shape index (κ1) is 54.5. The highest BCUT2D eigenvalue weighted by atomic mass is 35.5. The maximum Gasteiger partial charge on any atom is 0.329 e. The molecule has 1 saturated carbocycles. The summed E-state index contributed by atoms with van der Waals surface area (Å²) in [5.41, 5.74) is 1.67. The molecule has 3 fully saturated rings. The average Bonchev–Trinajstić information content (AvgIpc) is 3.30. The highest BCUT2D eigenvalue weighted by Crippen LogP contribution is 2.39. The number of carbonyl (C=O) groups excluding carboxylic acids is 5. The summed E-state index contributed by atoms with van der Waals surface area (Å²) < 4.78 is 50.1. The third kappa shape index (κ3) is 13.5. The summed E-state index contributed by atoms with van der Waals surface area (Å²) in [7, 11) is 4.59. The Morgan fingerprint density at radius 2 is 1.63 bits per heavy atom. The van der Waals surface area contributed by atoms with Crippen LogP contribution >= 0.6 is 11.6 Å². The number of cyclic esters (lactones) is 1. The number of ketones is 3. The highest BCUT2D eigenvalue weighted by Gasteiger charge is 2.56. The SMILES string of the molecule is CCC1C=C(C)CC(C)CC(OC)C2OC(O)(C(=O)C(=O)N3CCCCC3C(=O)OC(C(C)=CC3CCC(OCC(=O)c4cc(F)cc(Cl)c4)C(OC)C3)C(C)C(O)CC1=O)C(C)CC2OC. The van der Waals surface area contributed by atoms with Crippen LogP contribution < -0.4 is 0 Å². The van der Waals surface area contributed by atoms with Gasteiger partial charge in [-0.1, -0.05) is 57.0 Å². The number of methoxy groups -OCH3 is 3. The van der Waals surface area contributed by atoms with E-state index in [1.165, 1.54) is 20.3 Å². The average molecular weight is 963 g/mol. The van der Waals surface area contributed by atoms with Gasteiger partial charge in [0.1, 0.15) is 36.5 Å². The second kappa shape index (κ2) is 24.4. The Hall–Kier alpha value is -3.41. The fourth-order valence-electron chi connectivity index (χ4n) is 10.5. The van der Waals surface area contributed by atoms with E-state index in [0.29, 0.717) is 56.9 Å². The lowest BCUT2D eigenvalue weighted by molar-refractivity contribution is -0.302. The van der Waals surface area contributed by atoms with Crippen LogP contribution in [0.3, 0.4) is 0 Å². The molecule has 3 aliphatic heterocycles. The monoisotopic (exact) mass is 961 g/mol. The zero-order chi connectivity index (χ0) is 49.3. The van der Waals surface area contributed by atoms with Crippen molar-refractivity contribution in [2.24, 2.45) is 29.6 Å². The smallest absolute Gasteiger partial charge is 0.329 e. The minimum Gasteiger partial charge on any atom is -0.456 e. The molecule has 1 aromatic carbocycles. The van der Waals surface area contributed by atoms with Gasteiger partial charge in [0.2, 0.25) is 5.79 Å². The number of hydrogen-bond acceptors (Lipinski definition) is 13. The molecule has 0 spiro atoms. The lowest BCUT2D eigenvalue weighted by atomic mass is 9.81. The van der Waals surface area contributed by atoms with Gasteiger partial charge in [0.15, 0.2) is 5.78 Å². The van der Waals surface area contributed by atoms with Gasteiger partial charge in [0.05, 0.1) is 30.5 Å². The molecule has 0 radical (unpaired) electrons. The molecule has 14 unspecified atom stereocenters. The molecule has 1 amide bonds. The summed E-state index contributed by atoms with van der Waals surface area (Å²) in [6.45, 7) is 10.8. The van der Waals surface area contributed by atoms with Crippen molar-refractivity contribution in [3.05, 3.63) is 57.9 Å². The Labute approximate surface area is 400 Å². The maximum atomic E-state index is 14.5. The minimum absolute atomic E-state index is 0.00462. The number of allylic oxidation sites excluding steroid dienone is 3. The Bertz CT molecular complexity index is 1960. The highest BCUT2D eigenvalue weighted by molar-refractivity contribution is 6.39. The van der Waals surface area contributed by atoms with E-state index in [0.717, 1.165) is 22.6 Å². The van der Waals surface area contributed by atoms with Crippen molar-refractivity contribution in [1.29, 1.82) is 0 Å². The zero-order valence-electron chi connectivity index (χ0n) is 40.7. The van der Waals surface area contributed by atoms with Crippen molar-refractivity contribution in [3.63, 3.8) is 0 Å². The molecule has 2 saturated heterocycles. The standard InChI is InChI=1S/C51H73ClFNO13/c1-10-34-18-28(2)17-29(3)19-44(63-8)47-45(64-9)21-31(5)51(61,67-47)48(58)49(59)54-16-12-11-13-38(54)50(60)66-46(32(6)39(55)26-40(34)56)30(4)20-33-14-15-42(43(22-33)62-7)65-27-41(57)35-23-36(52)25-37(53)24-35/h18,20,23-25,29,31-34,38-39,42-47,55,61H,10-17,19,21-22,26-27H2,1-9H3. The summed E-state index contributed by atoms with van der Waals surface area (Å²) in [6.07, 6.45) is 3.03. The predicted octanol–water partition coefficient (Wildman–Crippen LogP) is 7.17. The van der Waals surface area contributed by atoms with Gasteiger partial charge < -0.3 is 43.5 Å². The summed E-state index contributed by atoms with van der Waals surface area (Å²) in [5, 5.41) is 24.0.